The average molecular weight is 503 g/mol. The van der Waals surface area contributed by atoms with E-state index in [2.05, 4.69) is 15.3 Å². The van der Waals surface area contributed by atoms with Gasteiger partial charge in [0.15, 0.2) is 0 Å². The standard InChI is InChI=1S/C28H27ClN4O3/c29-21-11-5-4-10-19(21)15-20(27(30)35)16-26(34)24(14-18-8-2-1-3-9-18)33-28(36)25-17-31-22-12-6-7-13-23(22)32-25/h1-13,17,20,24,26,34H,14-16H2,(H2,30,35)(H,33,36)/t20-,24+,26+/m1/s1. The fraction of sp³-hybridized carbons (Fsp3) is 0.214. The molecule has 184 valence electrons. The van der Waals surface area contributed by atoms with Crippen LogP contribution in [-0.2, 0) is 17.6 Å². The van der Waals surface area contributed by atoms with Gasteiger partial charge >= 0.3 is 0 Å². The molecule has 1 aromatic heterocycles. The molecule has 0 aliphatic rings. The van der Waals surface area contributed by atoms with Gasteiger partial charge in [0.1, 0.15) is 5.69 Å². The number of halogens is 1. The van der Waals surface area contributed by atoms with Gasteiger partial charge in [-0.3, -0.25) is 14.6 Å². The summed E-state index contributed by atoms with van der Waals surface area (Å²) in [6.07, 6.45) is 1.05. The van der Waals surface area contributed by atoms with E-state index < -0.39 is 29.9 Å². The van der Waals surface area contributed by atoms with Gasteiger partial charge in [0.25, 0.3) is 5.91 Å². The first-order valence-electron chi connectivity index (χ1n) is 11.7. The Labute approximate surface area is 214 Å². The first-order valence-corrected chi connectivity index (χ1v) is 12.1. The van der Waals surface area contributed by atoms with Crippen molar-refractivity contribution >= 4 is 34.4 Å². The largest absolute Gasteiger partial charge is 0.391 e. The monoisotopic (exact) mass is 502 g/mol. The maximum atomic E-state index is 13.1. The number of aliphatic hydroxyl groups excluding tert-OH is 1. The molecule has 1 heterocycles. The summed E-state index contributed by atoms with van der Waals surface area (Å²) in [5.74, 6) is -1.68. The molecular formula is C28H27ClN4O3. The minimum atomic E-state index is -1.05. The van der Waals surface area contributed by atoms with Crippen molar-refractivity contribution < 1.29 is 14.7 Å². The number of aromatic nitrogens is 2. The van der Waals surface area contributed by atoms with Crippen LogP contribution >= 0.6 is 11.6 Å². The molecule has 4 rings (SSSR count). The molecule has 3 atom stereocenters. The predicted octanol–water partition coefficient (Wildman–Crippen LogP) is 3.72. The van der Waals surface area contributed by atoms with E-state index in [1.165, 1.54) is 6.20 Å². The van der Waals surface area contributed by atoms with Crippen molar-refractivity contribution in [2.45, 2.75) is 31.4 Å². The van der Waals surface area contributed by atoms with E-state index in [0.717, 1.165) is 11.1 Å². The second-order valence-corrected chi connectivity index (χ2v) is 9.12. The summed E-state index contributed by atoms with van der Waals surface area (Å²) in [5, 5.41) is 14.6. The molecule has 0 saturated heterocycles. The number of hydrogen-bond acceptors (Lipinski definition) is 5. The van der Waals surface area contributed by atoms with Gasteiger partial charge in [0, 0.05) is 10.9 Å². The van der Waals surface area contributed by atoms with Crippen LogP contribution in [0, 0.1) is 5.92 Å². The smallest absolute Gasteiger partial charge is 0.271 e. The van der Waals surface area contributed by atoms with Crippen LogP contribution in [0.5, 0.6) is 0 Å². The Bertz CT molecular complexity index is 1350. The number of nitrogens with one attached hydrogen (secondary N) is 1. The fourth-order valence-corrected chi connectivity index (χ4v) is 4.36. The highest BCUT2D eigenvalue weighted by Gasteiger charge is 2.28. The van der Waals surface area contributed by atoms with E-state index in [1.54, 1.807) is 18.2 Å². The molecule has 0 aliphatic heterocycles. The summed E-state index contributed by atoms with van der Waals surface area (Å²) >= 11 is 6.27. The fourth-order valence-electron chi connectivity index (χ4n) is 4.15. The lowest BCUT2D eigenvalue weighted by Gasteiger charge is -2.27. The van der Waals surface area contributed by atoms with Gasteiger partial charge in [-0.25, -0.2) is 4.98 Å². The Morgan fingerprint density at radius 3 is 2.31 bits per heavy atom. The van der Waals surface area contributed by atoms with E-state index in [1.807, 2.05) is 60.7 Å². The van der Waals surface area contributed by atoms with Crippen LogP contribution in [-0.4, -0.2) is 39.0 Å². The van der Waals surface area contributed by atoms with Crippen LogP contribution in [0.3, 0.4) is 0 Å². The second kappa shape index (κ2) is 11.7. The molecule has 0 unspecified atom stereocenters. The van der Waals surface area contributed by atoms with Gasteiger partial charge < -0.3 is 16.2 Å². The van der Waals surface area contributed by atoms with Crippen molar-refractivity contribution in [2.24, 2.45) is 11.7 Å². The third-order valence-corrected chi connectivity index (χ3v) is 6.48. The van der Waals surface area contributed by atoms with Crippen LogP contribution in [0.4, 0.5) is 0 Å². The summed E-state index contributed by atoms with van der Waals surface area (Å²) in [6.45, 7) is 0. The SMILES string of the molecule is NC(=O)[C@H](Cc1ccccc1Cl)C[C@H](O)[C@H](Cc1ccccc1)NC(=O)c1cnc2ccccc2n1. The van der Waals surface area contributed by atoms with Gasteiger partial charge in [-0.05, 0) is 48.6 Å². The number of para-hydroxylation sites is 2. The number of amides is 2. The van der Waals surface area contributed by atoms with Crippen molar-refractivity contribution in [1.29, 1.82) is 0 Å². The maximum absolute atomic E-state index is 13.1. The number of rotatable bonds is 10. The lowest BCUT2D eigenvalue weighted by molar-refractivity contribution is -0.122. The highest BCUT2D eigenvalue weighted by molar-refractivity contribution is 6.31. The Hall–Kier alpha value is -3.81. The molecule has 7 nitrogen and oxygen atoms in total. The summed E-state index contributed by atoms with van der Waals surface area (Å²) < 4.78 is 0. The average Bonchev–Trinajstić information content (AvgIpc) is 2.89. The third kappa shape index (κ3) is 6.44. The minimum absolute atomic E-state index is 0.0573. The molecule has 0 fully saturated rings. The number of carbonyl (C=O) groups excluding carboxylic acids is 2. The van der Waals surface area contributed by atoms with Gasteiger partial charge in [0.2, 0.25) is 5.91 Å². The molecule has 4 aromatic rings. The third-order valence-electron chi connectivity index (χ3n) is 6.11. The van der Waals surface area contributed by atoms with Crippen molar-refractivity contribution in [3.63, 3.8) is 0 Å². The van der Waals surface area contributed by atoms with Crippen molar-refractivity contribution in [3.05, 3.63) is 107 Å². The molecule has 0 saturated carbocycles. The molecule has 36 heavy (non-hydrogen) atoms. The predicted molar refractivity (Wildman–Crippen MR) is 139 cm³/mol. The van der Waals surface area contributed by atoms with Crippen LogP contribution in [0.25, 0.3) is 11.0 Å². The first kappa shape index (κ1) is 25.3. The summed E-state index contributed by atoms with van der Waals surface area (Å²) in [6, 6.07) is 23.3. The summed E-state index contributed by atoms with van der Waals surface area (Å²) in [7, 11) is 0. The Morgan fingerprint density at radius 1 is 0.917 bits per heavy atom. The van der Waals surface area contributed by atoms with Gasteiger partial charge in [0.05, 0.1) is 29.4 Å². The lowest BCUT2D eigenvalue weighted by atomic mass is 9.89. The number of aliphatic hydroxyl groups is 1. The quantitative estimate of drug-likeness (QED) is 0.305. The van der Waals surface area contributed by atoms with Gasteiger partial charge in [-0.15, -0.1) is 0 Å². The number of nitrogens with two attached hydrogens (primary N) is 1. The van der Waals surface area contributed by atoms with E-state index in [4.69, 9.17) is 17.3 Å². The summed E-state index contributed by atoms with van der Waals surface area (Å²) in [4.78, 5) is 34.1. The van der Waals surface area contributed by atoms with Gasteiger partial charge in [-0.2, -0.15) is 0 Å². The Balaban J connectivity index is 1.54. The molecule has 8 heteroatoms. The molecule has 0 spiro atoms. The van der Waals surface area contributed by atoms with Gasteiger partial charge in [-0.1, -0.05) is 72.3 Å². The molecule has 0 radical (unpaired) electrons. The van der Waals surface area contributed by atoms with Crippen molar-refractivity contribution in [3.8, 4) is 0 Å². The highest BCUT2D eigenvalue weighted by Crippen LogP contribution is 2.23. The molecule has 3 aromatic carbocycles. The molecule has 0 bridgehead atoms. The van der Waals surface area contributed by atoms with Crippen LogP contribution in [0.1, 0.15) is 28.0 Å². The summed E-state index contributed by atoms with van der Waals surface area (Å²) in [5.41, 5.74) is 8.79. The number of benzene rings is 3. The molecule has 4 N–H and O–H groups in total. The second-order valence-electron chi connectivity index (χ2n) is 8.71. The lowest BCUT2D eigenvalue weighted by Crippen LogP contribution is -2.46. The van der Waals surface area contributed by atoms with Crippen LogP contribution < -0.4 is 11.1 Å². The zero-order chi connectivity index (χ0) is 25.5. The Kier molecular flexibility index (Phi) is 8.25. The Morgan fingerprint density at radius 2 is 1.58 bits per heavy atom. The number of primary amides is 1. The van der Waals surface area contributed by atoms with E-state index in [0.29, 0.717) is 22.5 Å². The first-order chi connectivity index (χ1) is 17.4. The zero-order valence-corrected chi connectivity index (χ0v) is 20.3. The number of carbonyl (C=O) groups is 2. The number of fused-ring (bicyclic) bond motifs is 1. The van der Waals surface area contributed by atoms with Crippen molar-refractivity contribution in [1.82, 2.24) is 15.3 Å². The molecule has 0 aliphatic carbocycles. The van der Waals surface area contributed by atoms with E-state index in [9.17, 15) is 14.7 Å². The number of nitrogens with zero attached hydrogens (tertiary/aromatic N) is 2. The van der Waals surface area contributed by atoms with Crippen molar-refractivity contribution in [2.75, 3.05) is 0 Å². The minimum Gasteiger partial charge on any atom is -0.391 e. The topological polar surface area (TPSA) is 118 Å². The van der Waals surface area contributed by atoms with Crippen LogP contribution in [0.15, 0.2) is 85.1 Å². The van der Waals surface area contributed by atoms with E-state index in [-0.39, 0.29) is 18.5 Å². The van der Waals surface area contributed by atoms with Crippen LogP contribution in [0.2, 0.25) is 5.02 Å². The normalized spacial score (nSPS) is 13.6. The maximum Gasteiger partial charge on any atom is 0.271 e. The van der Waals surface area contributed by atoms with E-state index >= 15 is 0 Å². The zero-order valence-electron chi connectivity index (χ0n) is 19.5. The number of hydrogen-bond donors (Lipinski definition) is 3. The molecule has 2 amide bonds. The molecular weight excluding hydrogens is 476 g/mol. The highest BCUT2D eigenvalue weighted by atomic mass is 35.5.